The van der Waals surface area contributed by atoms with Crippen LogP contribution >= 0.6 is 0 Å². The Morgan fingerprint density at radius 2 is 1.77 bits per heavy atom. The van der Waals surface area contributed by atoms with Gasteiger partial charge >= 0.3 is 15.8 Å². The molecule has 116 valence electrons. The van der Waals surface area contributed by atoms with Crippen molar-refractivity contribution in [3.63, 3.8) is 0 Å². The molecule has 0 radical (unpaired) electrons. The van der Waals surface area contributed by atoms with Crippen molar-refractivity contribution in [1.29, 1.82) is 0 Å². The second-order valence-electron chi connectivity index (χ2n) is 4.42. The molecule has 0 saturated heterocycles. The summed E-state index contributed by atoms with van der Waals surface area (Å²) in [4.78, 5) is 10.1. The third kappa shape index (κ3) is 3.17. The second kappa shape index (κ2) is 6.02. The molecular formula is C14H13NO6S. The van der Waals surface area contributed by atoms with E-state index in [0.717, 1.165) is 0 Å². The molecule has 0 unspecified atom stereocenters. The van der Waals surface area contributed by atoms with Crippen LogP contribution in [-0.2, 0) is 10.1 Å². The number of ether oxygens (including phenoxy) is 1. The highest BCUT2D eigenvalue weighted by atomic mass is 32.2. The van der Waals surface area contributed by atoms with E-state index in [9.17, 15) is 18.5 Å². The molecular weight excluding hydrogens is 310 g/mol. The van der Waals surface area contributed by atoms with Crippen molar-refractivity contribution < 1.29 is 22.3 Å². The van der Waals surface area contributed by atoms with Crippen molar-refractivity contribution in [2.24, 2.45) is 0 Å². The molecule has 0 N–H and O–H groups in total. The van der Waals surface area contributed by atoms with Gasteiger partial charge in [-0.25, -0.2) is 0 Å². The molecule has 0 spiro atoms. The molecule has 0 aliphatic heterocycles. The number of para-hydroxylation sites is 1. The van der Waals surface area contributed by atoms with Crippen LogP contribution in [0.15, 0.2) is 47.4 Å². The van der Waals surface area contributed by atoms with Crippen molar-refractivity contribution in [2.45, 2.75) is 11.8 Å². The zero-order valence-corrected chi connectivity index (χ0v) is 12.7. The Hall–Kier alpha value is -2.61. The summed E-state index contributed by atoms with van der Waals surface area (Å²) in [7, 11) is -2.93. The third-order valence-electron chi connectivity index (χ3n) is 2.85. The molecule has 0 fully saturated rings. The van der Waals surface area contributed by atoms with Gasteiger partial charge in [0, 0.05) is 6.07 Å². The minimum Gasteiger partial charge on any atom is -0.495 e. The molecule has 0 aliphatic rings. The standard InChI is InChI=1S/C14H13NO6S/c1-10-7-8-12(11(9-10)15(16)17)21-22(18,19)14-6-4-3-5-13(14)20-2/h3-9H,1-2H3. The monoisotopic (exact) mass is 323 g/mol. The van der Waals surface area contributed by atoms with Gasteiger partial charge in [0.25, 0.3) is 0 Å². The van der Waals surface area contributed by atoms with Crippen molar-refractivity contribution in [3.05, 3.63) is 58.1 Å². The molecule has 0 saturated carbocycles. The van der Waals surface area contributed by atoms with E-state index in [1.54, 1.807) is 13.0 Å². The van der Waals surface area contributed by atoms with E-state index in [1.165, 1.54) is 43.5 Å². The van der Waals surface area contributed by atoms with Crippen LogP contribution in [0.5, 0.6) is 11.5 Å². The lowest BCUT2D eigenvalue weighted by molar-refractivity contribution is -0.385. The largest absolute Gasteiger partial charge is 0.495 e. The molecule has 7 nitrogen and oxygen atoms in total. The first kappa shape index (κ1) is 15.8. The maximum Gasteiger partial charge on any atom is 0.343 e. The van der Waals surface area contributed by atoms with Crippen LogP contribution in [0.2, 0.25) is 0 Å². The first-order valence-corrected chi connectivity index (χ1v) is 7.58. The first-order chi connectivity index (χ1) is 10.3. The summed E-state index contributed by atoms with van der Waals surface area (Å²) in [6, 6.07) is 9.88. The molecule has 0 amide bonds. The zero-order valence-electron chi connectivity index (χ0n) is 11.8. The third-order valence-corrected chi connectivity index (χ3v) is 4.12. The number of hydrogen-bond donors (Lipinski definition) is 0. The highest BCUT2D eigenvalue weighted by molar-refractivity contribution is 7.87. The molecule has 0 aromatic heterocycles. The molecule has 2 aromatic carbocycles. The van der Waals surface area contributed by atoms with Gasteiger partial charge in [-0.2, -0.15) is 8.42 Å². The van der Waals surface area contributed by atoms with Crippen molar-refractivity contribution in [1.82, 2.24) is 0 Å². The number of benzene rings is 2. The van der Waals surface area contributed by atoms with Gasteiger partial charge in [0.05, 0.1) is 12.0 Å². The summed E-state index contributed by atoms with van der Waals surface area (Å²) in [5.74, 6) is -0.251. The summed E-state index contributed by atoms with van der Waals surface area (Å²) in [6.45, 7) is 1.66. The summed E-state index contributed by atoms with van der Waals surface area (Å²) in [6.07, 6.45) is 0. The van der Waals surface area contributed by atoms with E-state index in [2.05, 4.69) is 0 Å². The normalized spacial score (nSPS) is 11.0. The Morgan fingerprint density at radius 3 is 2.41 bits per heavy atom. The number of nitro benzene ring substituents is 1. The van der Waals surface area contributed by atoms with Gasteiger partial charge in [-0.1, -0.05) is 18.2 Å². The average Bonchev–Trinajstić information content (AvgIpc) is 2.48. The quantitative estimate of drug-likeness (QED) is 0.477. The molecule has 0 heterocycles. The molecule has 0 bridgehead atoms. The SMILES string of the molecule is COc1ccccc1S(=O)(=O)Oc1ccc(C)cc1[N+](=O)[O-]. The Bertz CT molecular complexity index is 816. The predicted octanol–water partition coefficient (Wildman–Crippen LogP) is 2.68. The fourth-order valence-electron chi connectivity index (χ4n) is 1.83. The van der Waals surface area contributed by atoms with Crippen LogP contribution in [-0.4, -0.2) is 20.5 Å². The minimum atomic E-state index is -4.25. The molecule has 0 atom stereocenters. The molecule has 22 heavy (non-hydrogen) atoms. The van der Waals surface area contributed by atoms with Gasteiger partial charge in [0.2, 0.25) is 5.75 Å². The summed E-state index contributed by atoms with van der Waals surface area (Å²) < 4.78 is 34.5. The molecule has 2 aromatic rings. The Balaban J connectivity index is 2.48. The highest BCUT2D eigenvalue weighted by Gasteiger charge is 2.26. The summed E-state index contributed by atoms with van der Waals surface area (Å²) in [5.41, 5.74) is 0.201. The van der Waals surface area contributed by atoms with Crippen molar-refractivity contribution in [2.75, 3.05) is 7.11 Å². The van der Waals surface area contributed by atoms with Crippen LogP contribution in [0.3, 0.4) is 0 Å². The lowest BCUT2D eigenvalue weighted by atomic mass is 10.2. The highest BCUT2D eigenvalue weighted by Crippen LogP contribution is 2.32. The number of hydrogen-bond acceptors (Lipinski definition) is 6. The minimum absolute atomic E-state index is 0.0947. The topological polar surface area (TPSA) is 95.7 Å². The lowest BCUT2D eigenvalue weighted by Crippen LogP contribution is -2.12. The molecule has 8 heteroatoms. The molecule has 0 aliphatic carbocycles. The predicted molar refractivity (Wildman–Crippen MR) is 78.6 cm³/mol. The van der Waals surface area contributed by atoms with Gasteiger partial charge in [-0.05, 0) is 30.7 Å². The smallest absolute Gasteiger partial charge is 0.343 e. The maximum atomic E-state index is 12.3. The Morgan fingerprint density at radius 1 is 1.09 bits per heavy atom. The molecule has 2 rings (SSSR count). The number of rotatable bonds is 5. The summed E-state index contributed by atoms with van der Waals surface area (Å²) >= 11 is 0. The fraction of sp³-hybridized carbons (Fsp3) is 0.143. The van der Waals surface area contributed by atoms with Gasteiger partial charge in [0.15, 0.2) is 0 Å². The van der Waals surface area contributed by atoms with Crippen LogP contribution < -0.4 is 8.92 Å². The van der Waals surface area contributed by atoms with Gasteiger partial charge < -0.3 is 8.92 Å². The van der Waals surface area contributed by atoms with Gasteiger partial charge in [-0.3, -0.25) is 10.1 Å². The fourth-order valence-corrected chi connectivity index (χ4v) is 2.94. The number of nitro groups is 1. The number of methoxy groups -OCH3 is 1. The van der Waals surface area contributed by atoms with Gasteiger partial charge in [0.1, 0.15) is 10.6 Å². The van der Waals surface area contributed by atoms with Crippen molar-refractivity contribution >= 4 is 15.8 Å². The van der Waals surface area contributed by atoms with E-state index in [0.29, 0.717) is 5.56 Å². The van der Waals surface area contributed by atoms with E-state index in [-0.39, 0.29) is 16.4 Å². The number of aryl methyl sites for hydroxylation is 1. The van der Waals surface area contributed by atoms with Crippen molar-refractivity contribution in [3.8, 4) is 11.5 Å². The van der Waals surface area contributed by atoms with Crippen LogP contribution in [0.1, 0.15) is 5.56 Å². The van der Waals surface area contributed by atoms with Crippen LogP contribution in [0.25, 0.3) is 0 Å². The Kier molecular flexibility index (Phi) is 4.32. The first-order valence-electron chi connectivity index (χ1n) is 6.17. The van der Waals surface area contributed by atoms with E-state index < -0.39 is 20.7 Å². The van der Waals surface area contributed by atoms with E-state index in [1.807, 2.05) is 0 Å². The maximum absolute atomic E-state index is 12.3. The van der Waals surface area contributed by atoms with E-state index >= 15 is 0 Å². The van der Waals surface area contributed by atoms with E-state index in [4.69, 9.17) is 8.92 Å². The lowest BCUT2D eigenvalue weighted by Gasteiger charge is -2.10. The number of nitrogens with zero attached hydrogens (tertiary/aromatic N) is 1. The average molecular weight is 323 g/mol. The van der Waals surface area contributed by atoms with Crippen LogP contribution in [0, 0.1) is 17.0 Å². The Labute approximate surface area is 127 Å². The summed E-state index contributed by atoms with van der Waals surface area (Å²) in [5, 5.41) is 11.0. The zero-order chi connectivity index (χ0) is 16.3. The van der Waals surface area contributed by atoms with Gasteiger partial charge in [-0.15, -0.1) is 0 Å². The second-order valence-corrected chi connectivity index (χ2v) is 5.93. The van der Waals surface area contributed by atoms with Crippen LogP contribution in [0.4, 0.5) is 5.69 Å².